The molecule has 1 N–H and O–H groups in total. The van der Waals surface area contributed by atoms with Crippen LogP contribution in [0.25, 0.3) is 0 Å². The molecular formula is C11H17N5O. The van der Waals surface area contributed by atoms with Crippen molar-refractivity contribution in [1.29, 1.82) is 0 Å². The van der Waals surface area contributed by atoms with Crippen molar-refractivity contribution in [1.82, 2.24) is 14.9 Å². The van der Waals surface area contributed by atoms with Crippen LogP contribution in [0.1, 0.15) is 5.82 Å². The minimum atomic E-state index is 0.124. The van der Waals surface area contributed by atoms with Crippen LogP contribution in [0.3, 0.4) is 0 Å². The number of likely N-dealkylation sites (N-methyl/N-ethyl adjacent to an activating group) is 1. The third kappa shape index (κ3) is 2.46. The molecule has 1 aliphatic rings. The van der Waals surface area contributed by atoms with E-state index in [4.69, 9.17) is 0 Å². The Morgan fingerprint density at radius 2 is 2.12 bits per heavy atom. The molecule has 1 fully saturated rings. The highest BCUT2D eigenvalue weighted by Crippen LogP contribution is 2.17. The molecule has 0 radical (unpaired) electrons. The van der Waals surface area contributed by atoms with Gasteiger partial charge in [0, 0.05) is 33.3 Å². The molecule has 0 saturated carbocycles. The van der Waals surface area contributed by atoms with Gasteiger partial charge in [-0.15, -0.1) is 0 Å². The van der Waals surface area contributed by atoms with Gasteiger partial charge in [0.1, 0.15) is 17.5 Å². The lowest BCUT2D eigenvalue weighted by Gasteiger charge is -2.32. The Balaban J connectivity index is 2.22. The Bertz CT molecular complexity index is 434. The van der Waals surface area contributed by atoms with Crippen LogP contribution in [0.5, 0.6) is 0 Å². The van der Waals surface area contributed by atoms with Crippen LogP contribution in [0.4, 0.5) is 11.6 Å². The number of rotatable bonds is 2. The monoisotopic (exact) mass is 235 g/mol. The number of aromatic nitrogens is 2. The molecule has 1 aromatic rings. The molecule has 17 heavy (non-hydrogen) atoms. The minimum absolute atomic E-state index is 0.124. The van der Waals surface area contributed by atoms with Gasteiger partial charge in [0.2, 0.25) is 5.91 Å². The molecule has 6 nitrogen and oxygen atoms in total. The summed E-state index contributed by atoms with van der Waals surface area (Å²) in [5.74, 6) is 2.42. The van der Waals surface area contributed by atoms with E-state index >= 15 is 0 Å². The zero-order valence-electron chi connectivity index (χ0n) is 10.4. The second kappa shape index (κ2) is 4.57. The van der Waals surface area contributed by atoms with E-state index in [1.807, 2.05) is 32.0 Å². The predicted molar refractivity (Wildman–Crippen MR) is 66.2 cm³/mol. The fourth-order valence-corrected chi connectivity index (χ4v) is 1.80. The van der Waals surface area contributed by atoms with E-state index in [1.165, 1.54) is 0 Å². The van der Waals surface area contributed by atoms with E-state index < -0.39 is 0 Å². The molecule has 0 aromatic carbocycles. The van der Waals surface area contributed by atoms with Crippen molar-refractivity contribution in [3.05, 3.63) is 11.9 Å². The van der Waals surface area contributed by atoms with Crippen molar-refractivity contribution < 1.29 is 4.79 Å². The number of anilines is 2. The summed E-state index contributed by atoms with van der Waals surface area (Å²) in [6.45, 7) is 3.77. The molecule has 0 bridgehead atoms. The van der Waals surface area contributed by atoms with Gasteiger partial charge in [-0.2, -0.15) is 0 Å². The maximum atomic E-state index is 11.6. The van der Waals surface area contributed by atoms with E-state index in [9.17, 15) is 4.79 Å². The quantitative estimate of drug-likeness (QED) is 0.788. The maximum Gasteiger partial charge on any atom is 0.241 e. The SMILES string of the molecule is CNc1cc(N2CCN(C)C(=O)C2)nc(C)n1. The van der Waals surface area contributed by atoms with Crippen LogP contribution in [-0.2, 0) is 4.79 Å². The molecule has 1 aliphatic heterocycles. The number of nitrogens with one attached hydrogen (secondary N) is 1. The number of aryl methyl sites for hydroxylation is 1. The van der Waals surface area contributed by atoms with Crippen molar-refractivity contribution in [3.63, 3.8) is 0 Å². The zero-order valence-corrected chi connectivity index (χ0v) is 10.4. The standard InChI is InChI=1S/C11H17N5O/c1-8-13-9(12-2)6-10(14-8)16-5-4-15(3)11(17)7-16/h6H,4-5,7H2,1-3H3,(H,12,13,14). The highest BCUT2D eigenvalue weighted by Gasteiger charge is 2.22. The van der Waals surface area contributed by atoms with Gasteiger partial charge in [-0.25, -0.2) is 9.97 Å². The van der Waals surface area contributed by atoms with Crippen molar-refractivity contribution >= 4 is 17.5 Å². The molecule has 92 valence electrons. The Kier molecular flexibility index (Phi) is 3.12. The molecule has 2 rings (SSSR count). The predicted octanol–water partition coefficient (Wildman–Crippen LogP) is 0.105. The molecule has 0 unspecified atom stereocenters. The Hall–Kier alpha value is -1.85. The summed E-state index contributed by atoms with van der Waals surface area (Å²) in [5, 5.41) is 2.99. The fourth-order valence-electron chi connectivity index (χ4n) is 1.80. The summed E-state index contributed by atoms with van der Waals surface area (Å²) in [6.07, 6.45) is 0. The topological polar surface area (TPSA) is 61.4 Å². The number of amides is 1. The smallest absolute Gasteiger partial charge is 0.241 e. The largest absolute Gasteiger partial charge is 0.373 e. The summed E-state index contributed by atoms with van der Waals surface area (Å²) in [4.78, 5) is 24.0. The van der Waals surface area contributed by atoms with E-state index in [0.29, 0.717) is 12.4 Å². The number of piperazine rings is 1. The lowest BCUT2D eigenvalue weighted by molar-refractivity contribution is -0.129. The normalized spacial score (nSPS) is 16.3. The van der Waals surface area contributed by atoms with Crippen LogP contribution < -0.4 is 10.2 Å². The minimum Gasteiger partial charge on any atom is -0.373 e. The summed E-state index contributed by atoms with van der Waals surface area (Å²) in [6, 6.07) is 1.87. The highest BCUT2D eigenvalue weighted by atomic mass is 16.2. The number of nitrogens with zero attached hydrogens (tertiary/aromatic N) is 4. The molecule has 2 heterocycles. The average molecular weight is 235 g/mol. The maximum absolute atomic E-state index is 11.6. The van der Waals surface area contributed by atoms with Crippen LogP contribution >= 0.6 is 0 Å². The van der Waals surface area contributed by atoms with Crippen LogP contribution in [0.2, 0.25) is 0 Å². The number of carbonyl (C=O) groups excluding carboxylic acids is 1. The van der Waals surface area contributed by atoms with Gasteiger partial charge in [-0.3, -0.25) is 4.79 Å². The van der Waals surface area contributed by atoms with Gasteiger partial charge in [-0.1, -0.05) is 0 Å². The van der Waals surface area contributed by atoms with Gasteiger partial charge in [0.15, 0.2) is 0 Å². The lowest BCUT2D eigenvalue weighted by atomic mass is 10.3. The number of carbonyl (C=O) groups is 1. The van der Waals surface area contributed by atoms with Crippen LogP contribution in [-0.4, -0.2) is 54.5 Å². The Labute approximate surface area is 101 Å². The van der Waals surface area contributed by atoms with Gasteiger partial charge in [0.25, 0.3) is 0 Å². The van der Waals surface area contributed by atoms with Crippen molar-refractivity contribution in [2.24, 2.45) is 0 Å². The highest BCUT2D eigenvalue weighted by molar-refractivity contribution is 5.82. The van der Waals surface area contributed by atoms with Gasteiger partial charge in [0.05, 0.1) is 6.54 Å². The first kappa shape index (κ1) is 11.6. The second-order valence-electron chi connectivity index (χ2n) is 4.15. The summed E-state index contributed by atoms with van der Waals surface area (Å²) in [7, 11) is 3.64. The molecule has 0 aliphatic carbocycles. The fraction of sp³-hybridized carbons (Fsp3) is 0.545. The van der Waals surface area contributed by atoms with Gasteiger partial charge < -0.3 is 15.1 Å². The zero-order chi connectivity index (χ0) is 12.4. The summed E-state index contributed by atoms with van der Waals surface area (Å²) < 4.78 is 0. The van der Waals surface area contributed by atoms with Crippen LogP contribution in [0, 0.1) is 6.92 Å². The van der Waals surface area contributed by atoms with E-state index in [0.717, 1.165) is 24.7 Å². The second-order valence-corrected chi connectivity index (χ2v) is 4.15. The van der Waals surface area contributed by atoms with E-state index in [1.54, 1.807) is 4.90 Å². The Morgan fingerprint density at radius 1 is 1.35 bits per heavy atom. The van der Waals surface area contributed by atoms with Gasteiger partial charge >= 0.3 is 0 Å². The number of hydrogen-bond acceptors (Lipinski definition) is 5. The van der Waals surface area contributed by atoms with E-state index in [-0.39, 0.29) is 5.91 Å². The van der Waals surface area contributed by atoms with Gasteiger partial charge in [-0.05, 0) is 6.92 Å². The summed E-state index contributed by atoms with van der Waals surface area (Å²) >= 11 is 0. The Morgan fingerprint density at radius 3 is 2.76 bits per heavy atom. The molecular weight excluding hydrogens is 218 g/mol. The van der Waals surface area contributed by atoms with Crippen LogP contribution in [0.15, 0.2) is 6.07 Å². The molecule has 0 atom stereocenters. The van der Waals surface area contributed by atoms with Crippen molar-refractivity contribution in [3.8, 4) is 0 Å². The third-order valence-corrected chi connectivity index (χ3v) is 2.86. The molecule has 1 amide bonds. The average Bonchev–Trinajstić information content (AvgIpc) is 2.32. The van der Waals surface area contributed by atoms with E-state index in [2.05, 4.69) is 15.3 Å². The number of hydrogen-bond donors (Lipinski definition) is 1. The summed E-state index contributed by atoms with van der Waals surface area (Å²) in [5.41, 5.74) is 0. The third-order valence-electron chi connectivity index (χ3n) is 2.86. The van der Waals surface area contributed by atoms with Crippen molar-refractivity contribution in [2.45, 2.75) is 6.92 Å². The molecule has 1 aromatic heterocycles. The molecule has 6 heteroatoms. The molecule has 1 saturated heterocycles. The first-order valence-corrected chi connectivity index (χ1v) is 5.62. The van der Waals surface area contributed by atoms with Crippen molar-refractivity contribution in [2.75, 3.05) is 43.9 Å². The molecule has 0 spiro atoms. The lowest BCUT2D eigenvalue weighted by Crippen LogP contribution is -2.48. The first-order valence-electron chi connectivity index (χ1n) is 5.62. The first-order chi connectivity index (χ1) is 8.10.